The van der Waals surface area contributed by atoms with Crippen molar-refractivity contribution in [3.05, 3.63) is 18.5 Å². The monoisotopic (exact) mass is 218 g/mol. The summed E-state index contributed by atoms with van der Waals surface area (Å²) in [6, 6.07) is 1.82. The number of hydrogen-bond donors (Lipinski definition) is 0. The summed E-state index contributed by atoms with van der Waals surface area (Å²) in [5.74, 6) is 0.115. The van der Waals surface area contributed by atoms with Crippen molar-refractivity contribution in [2.45, 2.75) is 13.5 Å². The Morgan fingerprint density at radius 1 is 1.57 bits per heavy atom. The standard InChI is InChI=1S/C8H14N2O3S/c1-8(7-13-14(2,11)12)6-10-5-3-4-9-10/h3-5,8H,6-7H2,1-2H3/t8-/m1/s1. The predicted octanol–water partition coefficient (Wildman–Crippen LogP) is 0.495. The minimum Gasteiger partial charge on any atom is -0.272 e. The number of aromatic nitrogens is 2. The first-order valence-corrected chi connectivity index (χ1v) is 6.11. The molecule has 1 atom stereocenters. The highest BCUT2D eigenvalue weighted by molar-refractivity contribution is 7.85. The van der Waals surface area contributed by atoms with E-state index in [0.29, 0.717) is 6.54 Å². The van der Waals surface area contributed by atoms with Crippen molar-refractivity contribution < 1.29 is 12.6 Å². The molecule has 0 unspecified atom stereocenters. The fourth-order valence-corrected chi connectivity index (χ4v) is 1.50. The van der Waals surface area contributed by atoms with Gasteiger partial charge in [0, 0.05) is 24.9 Å². The summed E-state index contributed by atoms with van der Waals surface area (Å²) in [5, 5.41) is 4.01. The van der Waals surface area contributed by atoms with Crippen LogP contribution in [0, 0.1) is 5.92 Å². The first kappa shape index (κ1) is 11.2. The molecule has 80 valence electrons. The molecule has 0 spiro atoms. The van der Waals surface area contributed by atoms with Crippen LogP contribution in [0.5, 0.6) is 0 Å². The molecule has 0 bridgehead atoms. The summed E-state index contributed by atoms with van der Waals surface area (Å²) in [6.07, 6.45) is 4.56. The van der Waals surface area contributed by atoms with Crippen molar-refractivity contribution >= 4 is 10.1 Å². The number of nitrogens with zero attached hydrogens (tertiary/aromatic N) is 2. The number of rotatable bonds is 5. The molecule has 0 saturated heterocycles. The molecular weight excluding hydrogens is 204 g/mol. The Balaban J connectivity index is 2.33. The Morgan fingerprint density at radius 3 is 2.79 bits per heavy atom. The zero-order valence-corrected chi connectivity index (χ0v) is 9.07. The van der Waals surface area contributed by atoms with Gasteiger partial charge in [0.1, 0.15) is 0 Å². The lowest BCUT2D eigenvalue weighted by molar-refractivity contribution is 0.247. The maximum absolute atomic E-state index is 10.7. The van der Waals surface area contributed by atoms with E-state index >= 15 is 0 Å². The molecule has 0 fully saturated rings. The molecule has 1 aromatic rings. The van der Waals surface area contributed by atoms with Crippen molar-refractivity contribution in [1.82, 2.24) is 9.78 Å². The number of hydrogen-bond acceptors (Lipinski definition) is 4. The lowest BCUT2D eigenvalue weighted by Crippen LogP contribution is -2.16. The molecule has 0 aromatic carbocycles. The Kier molecular flexibility index (Phi) is 3.65. The Morgan fingerprint density at radius 2 is 2.29 bits per heavy atom. The van der Waals surface area contributed by atoms with Gasteiger partial charge in [0.05, 0.1) is 12.9 Å². The third kappa shape index (κ3) is 4.38. The van der Waals surface area contributed by atoms with E-state index in [0.717, 1.165) is 6.26 Å². The predicted molar refractivity (Wildman–Crippen MR) is 52.2 cm³/mol. The topological polar surface area (TPSA) is 61.2 Å². The molecule has 1 heterocycles. The SMILES string of the molecule is C[C@@H](COS(C)(=O)=O)Cn1cccn1. The second kappa shape index (κ2) is 4.56. The first-order chi connectivity index (χ1) is 6.47. The average molecular weight is 218 g/mol. The molecule has 0 N–H and O–H groups in total. The molecule has 0 aliphatic rings. The van der Waals surface area contributed by atoms with Crippen molar-refractivity contribution in [2.75, 3.05) is 12.9 Å². The van der Waals surface area contributed by atoms with E-state index in [4.69, 9.17) is 0 Å². The van der Waals surface area contributed by atoms with Crippen LogP contribution in [0.15, 0.2) is 18.5 Å². The molecular formula is C8H14N2O3S. The van der Waals surface area contributed by atoms with Crippen LogP contribution >= 0.6 is 0 Å². The van der Waals surface area contributed by atoms with Crippen LogP contribution in [0.4, 0.5) is 0 Å². The molecule has 1 aromatic heterocycles. The molecule has 14 heavy (non-hydrogen) atoms. The third-order valence-electron chi connectivity index (χ3n) is 1.62. The van der Waals surface area contributed by atoms with Crippen LogP contribution in [0.1, 0.15) is 6.92 Å². The highest BCUT2D eigenvalue weighted by Crippen LogP contribution is 2.02. The normalized spacial score (nSPS) is 14.1. The van der Waals surface area contributed by atoms with E-state index < -0.39 is 10.1 Å². The lowest BCUT2D eigenvalue weighted by atomic mass is 10.2. The van der Waals surface area contributed by atoms with Gasteiger partial charge in [-0.3, -0.25) is 8.86 Å². The summed E-state index contributed by atoms with van der Waals surface area (Å²) >= 11 is 0. The van der Waals surface area contributed by atoms with Crippen molar-refractivity contribution in [3.63, 3.8) is 0 Å². The fraction of sp³-hybridized carbons (Fsp3) is 0.625. The highest BCUT2D eigenvalue weighted by atomic mass is 32.2. The molecule has 5 nitrogen and oxygen atoms in total. The molecule has 1 rings (SSSR count). The zero-order chi connectivity index (χ0) is 10.6. The lowest BCUT2D eigenvalue weighted by Gasteiger charge is -2.10. The van der Waals surface area contributed by atoms with Crippen LogP contribution in [0.25, 0.3) is 0 Å². The molecule has 6 heteroatoms. The van der Waals surface area contributed by atoms with Crippen molar-refractivity contribution in [2.24, 2.45) is 5.92 Å². The molecule has 0 radical (unpaired) electrons. The van der Waals surface area contributed by atoms with E-state index in [2.05, 4.69) is 9.28 Å². The van der Waals surface area contributed by atoms with E-state index in [-0.39, 0.29) is 12.5 Å². The summed E-state index contributed by atoms with van der Waals surface area (Å²) in [5.41, 5.74) is 0. The van der Waals surface area contributed by atoms with Gasteiger partial charge < -0.3 is 0 Å². The second-order valence-corrected chi connectivity index (χ2v) is 4.97. The van der Waals surface area contributed by atoms with E-state index in [1.54, 1.807) is 10.9 Å². The summed E-state index contributed by atoms with van der Waals surface area (Å²) in [7, 11) is -3.33. The van der Waals surface area contributed by atoms with Crippen molar-refractivity contribution in [1.29, 1.82) is 0 Å². The van der Waals surface area contributed by atoms with Gasteiger partial charge in [0.25, 0.3) is 10.1 Å². The van der Waals surface area contributed by atoms with Gasteiger partial charge in [0.15, 0.2) is 0 Å². The maximum atomic E-state index is 10.7. The largest absolute Gasteiger partial charge is 0.272 e. The molecule has 0 amide bonds. The van der Waals surface area contributed by atoms with Gasteiger partial charge in [-0.1, -0.05) is 6.92 Å². The Bertz CT molecular complexity index is 358. The second-order valence-electron chi connectivity index (χ2n) is 3.32. The fourth-order valence-electron chi connectivity index (χ4n) is 1.02. The van der Waals surface area contributed by atoms with Crippen LogP contribution < -0.4 is 0 Å². The molecule has 0 aliphatic carbocycles. The van der Waals surface area contributed by atoms with Gasteiger partial charge in [0.2, 0.25) is 0 Å². The first-order valence-electron chi connectivity index (χ1n) is 4.29. The maximum Gasteiger partial charge on any atom is 0.264 e. The smallest absolute Gasteiger partial charge is 0.264 e. The average Bonchev–Trinajstić information content (AvgIpc) is 2.52. The van der Waals surface area contributed by atoms with Crippen LogP contribution in [0.2, 0.25) is 0 Å². The zero-order valence-electron chi connectivity index (χ0n) is 8.25. The third-order valence-corrected chi connectivity index (χ3v) is 2.19. The molecule has 0 saturated carbocycles. The van der Waals surface area contributed by atoms with E-state index in [1.807, 2.05) is 19.2 Å². The van der Waals surface area contributed by atoms with Gasteiger partial charge >= 0.3 is 0 Å². The van der Waals surface area contributed by atoms with Crippen molar-refractivity contribution in [3.8, 4) is 0 Å². The Labute approximate surface area is 83.8 Å². The van der Waals surface area contributed by atoms with Gasteiger partial charge in [-0.25, -0.2) is 0 Å². The van der Waals surface area contributed by atoms with Gasteiger partial charge in [-0.15, -0.1) is 0 Å². The van der Waals surface area contributed by atoms with E-state index in [9.17, 15) is 8.42 Å². The summed E-state index contributed by atoms with van der Waals surface area (Å²) in [6.45, 7) is 2.76. The summed E-state index contributed by atoms with van der Waals surface area (Å²) in [4.78, 5) is 0. The van der Waals surface area contributed by atoms with Crippen LogP contribution in [-0.2, 0) is 20.8 Å². The quantitative estimate of drug-likeness (QED) is 0.675. The highest BCUT2D eigenvalue weighted by Gasteiger charge is 2.08. The molecule has 0 aliphatic heterocycles. The minimum atomic E-state index is -3.33. The van der Waals surface area contributed by atoms with E-state index in [1.165, 1.54) is 0 Å². The Hall–Kier alpha value is -0.880. The minimum absolute atomic E-state index is 0.115. The van der Waals surface area contributed by atoms with Gasteiger partial charge in [-0.05, 0) is 6.07 Å². The summed E-state index contributed by atoms with van der Waals surface area (Å²) < 4.78 is 27.8. The van der Waals surface area contributed by atoms with Gasteiger partial charge in [-0.2, -0.15) is 13.5 Å². The van der Waals surface area contributed by atoms with Crippen LogP contribution in [-0.4, -0.2) is 31.1 Å². The van der Waals surface area contributed by atoms with Crippen LogP contribution in [0.3, 0.4) is 0 Å².